The van der Waals surface area contributed by atoms with Gasteiger partial charge in [-0.05, 0) is 24.6 Å². The highest BCUT2D eigenvalue weighted by Crippen LogP contribution is 2.22. The largest absolute Gasteiger partial charge is 0.399 e. The summed E-state index contributed by atoms with van der Waals surface area (Å²) >= 11 is 2.10. The van der Waals surface area contributed by atoms with Crippen molar-refractivity contribution in [3.8, 4) is 0 Å². The number of imidazole rings is 1. The lowest BCUT2D eigenvalue weighted by atomic mass is 10.3. The van der Waals surface area contributed by atoms with Crippen molar-refractivity contribution in [2.24, 2.45) is 0 Å². The summed E-state index contributed by atoms with van der Waals surface area (Å²) in [5, 5.41) is 0.772. The predicted molar refractivity (Wildman–Crippen MR) is 82.3 cm³/mol. The van der Waals surface area contributed by atoms with E-state index < -0.39 is 0 Å². The Morgan fingerprint density at radius 2 is 2.42 bits per heavy atom. The number of aromatic amines is 1. The molecule has 1 fully saturated rings. The third-order valence-corrected chi connectivity index (χ3v) is 4.98. The van der Waals surface area contributed by atoms with Gasteiger partial charge in [-0.25, -0.2) is 4.98 Å². The van der Waals surface area contributed by atoms with Crippen molar-refractivity contribution in [1.29, 1.82) is 0 Å². The smallest absolute Gasteiger partial charge is 0.121 e. The van der Waals surface area contributed by atoms with Crippen LogP contribution in [0, 0.1) is 0 Å². The molecule has 0 aliphatic carbocycles. The fraction of sp³-hybridized carbons (Fsp3) is 0.500. The predicted octanol–water partition coefficient (Wildman–Crippen LogP) is 2.47. The Morgan fingerprint density at radius 3 is 3.26 bits per heavy atom. The minimum absolute atomic E-state index is 0.772. The lowest BCUT2D eigenvalue weighted by Crippen LogP contribution is -2.37. The second-order valence-corrected chi connectivity index (χ2v) is 6.50. The first-order valence-corrected chi connectivity index (χ1v) is 7.87. The van der Waals surface area contributed by atoms with Gasteiger partial charge in [0.15, 0.2) is 0 Å². The number of nitrogens with zero attached hydrogens (tertiary/aromatic N) is 2. The second kappa shape index (κ2) is 5.43. The summed E-state index contributed by atoms with van der Waals surface area (Å²) in [5.41, 5.74) is 8.61. The first kappa shape index (κ1) is 12.8. The van der Waals surface area contributed by atoms with Crippen LogP contribution in [0.1, 0.15) is 19.2 Å². The topological polar surface area (TPSA) is 57.9 Å². The van der Waals surface area contributed by atoms with Crippen molar-refractivity contribution in [3.63, 3.8) is 0 Å². The van der Waals surface area contributed by atoms with Crippen molar-refractivity contribution >= 4 is 28.5 Å². The monoisotopic (exact) mass is 276 g/mol. The number of nitrogens with two attached hydrogens (primary N) is 1. The molecule has 1 aromatic heterocycles. The highest BCUT2D eigenvalue weighted by Gasteiger charge is 2.19. The molecular formula is C14H20N4S. The quantitative estimate of drug-likeness (QED) is 0.846. The molecule has 5 heteroatoms. The lowest BCUT2D eigenvalue weighted by molar-refractivity contribution is 0.267. The molecule has 1 saturated heterocycles. The van der Waals surface area contributed by atoms with Crippen molar-refractivity contribution < 1.29 is 0 Å². The number of fused-ring (bicyclic) bond motifs is 1. The number of H-pyrrole nitrogens is 1. The van der Waals surface area contributed by atoms with Crippen molar-refractivity contribution in [3.05, 3.63) is 24.0 Å². The van der Waals surface area contributed by atoms with E-state index in [9.17, 15) is 0 Å². The van der Waals surface area contributed by atoms with Gasteiger partial charge in [0.25, 0.3) is 0 Å². The molecule has 102 valence electrons. The van der Waals surface area contributed by atoms with E-state index in [2.05, 4.69) is 33.6 Å². The standard InChI is InChI=1S/C14H20N4S/c1-2-11-8-18(5-6-19-11)9-14-16-12-4-3-10(15)7-13(12)17-14/h3-4,7,11H,2,5-6,8-9,15H2,1H3,(H,16,17). The number of anilines is 1. The minimum Gasteiger partial charge on any atom is -0.399 e. The Balaban J connectivity index is 1.74. The Bertz CT molecular complexity index is 566. The van der Waals surface area contributed by atoms with Crippen LogP contribution in [0.15, 0.2) is 18.2 Å². The molecule has 3 rings (SSSR count). The van der Waals surface area contributed by atoms with Gasteiger partial charge < -0.3 is 10.7 Å². The van der Waals surface area contributed by atoms with Gasteiger partial charge in [-0.2, -0.15) is 11.8 Å². The van der Waals surface area contributed by atoms with Crippen molar-refractivity contribution in [1.82, 2.24) is 14.9 Å². The molecular weight excluding hydrogens is 256 g/mol. The SMILES string of the molecule is CCC1CN(Cc2nc3ccc(N)cc3[nH]2)CCS1. The number of benzene rings is 1. The summed E-state index contributed by atoms with van der Waals surface area (Å²) in [6.07, 6.45) is 1.25. The Labute approximate surface area is 117 Å². The zero-order valence-corrected chi connectivity index (χ0v) is 12.0. The summed E-state index contributed by atoms with van der Waals surface area (Å²) in [5.74, 6) is 2.27. The molecule has 0 radical (unpaired) electrons. The molecule has 2 aromatic rings. The molecule has 19 heavy (non-hydrogen) atoms. The van der Waals surface area contributed by atoms with Gasteiger partial charge in [0.05, 0.1) is 17.6 Å². The fourth-order valence-electron chi connectivity index (χ4n) is 2.54. The van der Waals surface area contributed by atoms with Crippen LogP contribution in [-0.4, -0.2) is 39.0 Å². The van der Waals surface area contributed by atoms with Crippen LogP contribution in [0.2, 0.25) is 0 Å². The van der Waals surface area contributed by atoms with Gasteiger partial charge in [-0.15, -0.1) is 0 Å². The van der Waals surface area contributed by atoms with Gasteiger partial charge in [0, 0.05) is 29.8 Å². The molecule has 1 aliphatic rings. The zero-order valence-electron chi connectivity index (χ0n) is 11.2. The van der Waals surface area contributed by atoms with E-state index in [0.29, 0.717) is 0 Å². The molecule has 4 nitrogen and oxygen atoms in total. The van der Waals surface area contributed by atoms with Crippen molar-refractivity contribution in [2.45, 2.75) is 25.1 Å². The Kier molecular flexibility index (Phi) is 3.66. The van der Waals surface area contributed by atoms with Crippen LogP contribution >= 0.6 is 11.8 Å². The molecule has 2 heterocycles. The Hall–Kier alpha value is -1.20. The van der Waals surface area contributed by atoms with Gasteiger partial charge in [-0.1, -0.05) is 6.92 Å². The molecule has 1 unspecified atom stereocenters. The number of nitrogens with one attached hydrogen (secondary N) is 1. The van der Waals surface area contributed by atoms with Crippen molar-refractivity contribution in [2.75, 3.05) is 24.6 Å². The normalized spacial score (nSPS) is 21.0. The molecule has 1 atom stereocenters. The number of rotatable bonds is 3. The average molecular weight is 276 g/mol. The van der Waals surface area contributed by atoms with Gasteiger partial charge in [0.2, 0.25) is 0 Å². The molecule has 1 aliphatic heterocycles. The van der Waals surface area contributed by atoms with E-state index in [4.69, 9.17) is 5.73 Å². The van der Waals surface area contributed by atoms with E-state index in [1.54, 1.807) is 0 Å². The van der Waals surface area contributed by atoms with Crippen LogP contribution < -0.4 is 5.73 Å². The first-order valence-electron chi connectivity index (χ1n) is 6.82. The lowest BCUT2D eigenvalue weighted by Gasteiger charge is -2.31. The summed E-state index contributed by atoms with van der Waals surface area (Å²) in [4.78, 5) is 10.5. The van der Waals surface area contributed by atoms with Crippen LogP contribution in [0.5, 0.6) is 0 Å². The van der Waals surface area contributed by atoms with E-state index in [1.807, 2.05) is 18.2 Å². The van der Waals surface area contributed by atoms with Crippen LogP contribution in [0.3, 0.4) is 0 Å². The van der Waals surface area contributed by atoms with E-state index >= 15 is 0 Å². The highest BCUT2D eigenvalue weighted by atomic mass is 32.2. The third-order valence-electron chi connectivity index (χ3n) is 3.61. The Morgan fingerprint density at radius 1 is 1.53 bits per heavy atom. The summed E-state index contributed by atoms with van der Waals surface area (Å²) < 4.78 is 0. The number of hydrogen-bond donors (Lipinski definition) is 2. The molecule has 1 aromatic carbocycles. The first-order chi connectivity index (χ1) is 9.24. The molecule has 0 saturated carbocycles. The maximum Gasteiger partial charge on any atom is 0.121 e. The number of hydrogen-bond acceptors (Lipinski definition) is 4. The van der Waals surface area contributed by atoms with Gasteiger partial charge >= 0.3 is 0 Å². The summed E-state index contributed by atoms with van der Waals surface area (Å²) in [7, 11) is 0. The third kappa shape index (κ3) is 2.87. The van der Waals surface area contributed by atoms with Gasteiger partial charge in [-0.3, -0.25) is 4.90 Å². The zero-order chi connectivity index (χ0) is 13.2. The number of nitrogen functional groups attached to an aromatic ring is 1. The molecule has 3 N–H and O–H groups in total. The number of aromatic nitrogens is 2. The maximum absolute atomic E-state index is 5.79. The average Bonchev–Trinajstić information content (AvgIpc) is 2.80. The van der Waals surface area contributed by atoms with Gasteiger partial charge in [0.1, 0.15) is 5.82 Å². The maximum atomic E-state index is 5.79. The summed E-state index contributed by atoms with van der Waals surface area (Å²) in [6.45, 7) is 5.50. The van der Waals surface area contributed by atoms with E-state index in [-0.39, 0.29) is 0 Å². The number of thioether (sulfide) groups is 1. The van der Waals surface area contributed by atoms with Crippen LogP contribution in [-0.2, 0) is 6.54 Å². The second-order valence-electron chi connectivity index (χ2n) is 5.10. The minimum atomic E-state index is 0.772. The fourth-order valence-corrected chi connectivity index (χ4v) is 3.79. The van der Waals surface area contributed by atoms with Crippen LogP contribution in [0.4, 0.5) is 5.69 Å². The molecule has 0 bridgehead atoms. The molecule has 0 amide bonds. The highest BCUT2D eigenvalue weighted by molar-refractivity contribution is 8.00. The summed E-state index contributed by atoms with van der Waals surface area (Å²) in [6, 6.07) is 5.83. The molecule has 0 spiro atoms. The van der Waals surface area contributed by atoms with E-state index in [1.165, 1.54) is 18.7 Å². The van der Waals surface area contributed by atoms with E-state index in [0.717, 1.165) is 40.9 Å². The van der Waals surface area contributed by atoms with Crippen LogP contribution in [0.25, 0.3) is 11.0 Å².